The van der Waals surface area contributed by atoms with E-state index in [0.717, 1.165) is 8.95 Å². The predicted octanol–water partition coefficient (Wildman–Crippen LogP) is 2.76. The van der Waals surface area contributed by atoms with E-state index in [4.69, 9.17) is 4.74 Å². The van der Waals surface area contributed by atoms with Gasteiger partial charge < -0.3 is 9.47 Å². The number of benzene rings is 1. The molecule has 14 heavy (non-hydrogen) atoms. The summed E-state index contributed by atoms with van der Waals surface area (Å²) in [7, 11) is 1.32. The van der Waals surface area contributed by atoms with Crippen LogP contribution in [0.4, 0.5) is 0 Å². The van der Waals surface area contributed by atoms with Gasteiger partial charge in [0.2, 0.25) is 0 Å². The van der Waals surface area contributed by atoms with E-state index in [1.54, 1.807) is 6.07 Å². The number of hydrogen-bond donors (Lipinski definition) is 0. The third kappa shape index (κ3) is 3.31. The summed E-state index contributed by atoms with van der Waals surface area (Å²) in [5, 5.41) is 0. The molecular weight excluding hydrogens is 316 g/mol. The number of halogens is 2. The Morgan fingerprint density at radius 1 is 1.43 bits per heavy atom. The number of carbonyl (C=O) groups excluding carboxylic acids is 1. The Hall–Kier alpha value is -0.550. The van der Waals surface area contributed by atoms with E-state index in [1.807, 2.05) is 12.1 Å². The fourth-order valence-corrected chi connectivity index (χ4v) is 1.95. The van der Waals surface area contributed by atoms with Crippen LogP contribution in [0.5, 0.6) is 5.75 Å². The van der Waals surface area contributed by atoms with Gasteiger partial charge in [-0.25, -0.2) is 4.79 Å². The molecule has 0 aliphatic rings. The van der Waals surface area contributed by atoms with Gasteiger partial charge in [0.25, 0.3) is 0 Å². The first-order chi connectivity index (χ1) is 6.63. The Morgan fingerprint density at radius 3 is 2.71 bits per heavy atom. The van der Waals surface area contributed by atoms with Crippen molar-refractivity contribution in [3.8, 4) is 5.75 Å². The minimum Gasteiger partial charge on any atom is -0.481 e. The van der Waals surface area contributed by atoms with Crippen molar-refractivity contribution < 1.29 is 14.3 Å². The van der Waals surface area contributed by atoms with Gasteiger partial charge in [0, 0.05) is 4.47 Å². The fourth-order valence-electron chi connectivity index (χ4n) is 0.788. The number of rotatable bonds is 3. The van der Waals surface area contributed by atoms with Gasteiger partial charge in [0.1, 0.15) is 5.75 Å². The molecule has 0 radical (unpaired) electrons. The summed E-state index contributed by atoms with van der Waals surface area (Å²) in [6.45, 7) is -0.0866. The van der Waals surface area contributed by atoms with Crippen molar-refractivity contribution in [2.24, 2.45) is 0 Å². The van der Waals surface area contributed by atoms with Crippen LogP contribution in [0.1, 0.15) is 0 Å². The summed E-state index contributed by atoms with van der Waals surface area (Å²) in [6.07, 6.45) is 0. The molecule has 5 heteroatoms. The Bertz CT molecular complexity index is 339. The van der Waals surface area contributed by atoms with E-state index in [1.165, 1.54) is 7.11 Å². The van der Waals surface area contributed by atoms with Crippen molar-refractivity contribution in [1.82, 2.24) is 0 Å². The van der Waals surface area contributed by atoms with Crippen LogP contribution in [0.15, 0.2) is 27.1 Å². The van der Waals surface area contributed by atoms with Gasteiger partial charge in [0.15, 0.2) is 6.61 Å². The minimum atomic E-state index is -0.403. The molecule has 0 heterocycles. The highest BCUT2D eigenvalue weighted by Crippen LogP contribution is 2.27. The van der Waals surface area contributed by atoms with Gasteiger partial charge in [-0.05, 0) is 34.1 Å². The van der Waals surface area contributed by atoms with E-state index >= 15 is 0 Å². The zero-order valence-electron chi connectivity index (χ0n) is 7.42. The third-order valence-electron chi connectivity index (χ3n) is 1.47. The molecule has 0 atom stereocenters. The molecular formula is C9H8Br2O3. The molecule has 0 unspecified atom stereocenters. The van der Waals surface area contributed by atoms with Crippen LogP contribution < -0.4 is 4.74 Å². The molecule has 0 aliphatic carbocycles. The van der Waals surface area contributed by atoms with E-state index < -0.39 is 5.97 Å². The Balaban J connectivity index is 2.63. The second kappa shape index (κ2) is 5.36. The Labute approximate surface area is 98.6 Å². The van der Waals surface area contributed by atoms with Crippen molar-refractivity contribution in [2.75, 3.05) is 13.7 Å². The second-order valence-corrected chi connectivity index (χ2v) is 4.21. The van der Waals surface area contributed by atoms with E-state index in [9.17, 15) is 4.79 Å². The first kappa shape index (κ1) is 11.5. The predicted molar refractivity (Wildman–Crippen MR) is 59.4 cm³/mol. The Kier molecular flexibility index (Phi) is 4.41. The van der Waals surface area contributed by atoms with Crippen LogP contribution >= 0.6 is 31.9 Å². The van der Waals surface area contributed by atoms with Crippen LogP contribution in [-0.2, 0) is 9.53 Å². The SMILES string of the molecule is COC(=O)COc1ccc(Br)cc1Br. The first-order valence-electron chi connectivity index (χ1n) is 3.78. The Morgan fingerprint density at radius 2 is 2.14 bits per heavy atom. The summed E-state index contributed by atoms with van der Waals surface area (Å²) >= 11 is 6.62. The summed E-state index contributed by atoms with van der Waals surface area (Å²) in [5.41, 5.74) is 0. The van der Waals surface area contributed by atoms with Crippen LogP contribution in [0.3, 0.4) is 0 Å². The van der Waals surface area contributed by atoms with Gasteiger partial charge in [-0.2, -0.15) is 0 Å². The van der Waals surface area contributed by atoms with Gasteiger partial charge >= 0.3 is 5.97 Å². The van der Waals surface area contributed by atoms with Crippen LogP contribution in [-0.4, -0.2) is 19.7 Å². The number of esters is 1. The van der Waals surface area contributed by atoms with Crippen molar-refractivity contribution >= 4 is 37.8 Å². The molecule has 76 valence electrons. The smallest absolute Gasteiger partial charge is 0.343 e. The maximum atomic E-state index is 10.8. The summed E-state index contributed by atoms with van der Waals surface area (Å²) < 4.78 is 11.4. The van der Waals surface area contributed by atoms with Gasteiger partial charge in [-0.15, -0.1) is 0 Å². The molecule has 0 amide bonds. The number of carbonyl (C=O) groups is 1. The van der Waals surface area contributed by atoms with Crippen molar-refractivity contribution in [1.29, 1.82) is 0 Å². The van der Waals surface area contributed by atoms with Gasteiger partial charge in [0.05, 0.1) is 11.6 Å². The van der Waals surface area contributed by atoms with Crippen molar-refractivity contribution in [2.45, 2.75) is 0 Å². The molecule has 3 nitrogen and oxygen atoms in total. The lowest BCUT2D eigenvalue weighted by atomic mass is 10.3. The highest BCUT2D eigenvalue weighted by atomic mass is 79.9. The number of hydrogen-bond acceptors (Lipinski definition) is 3. The maximum absolute atomic E-state index is 10.8. The lowest BCUT2D eigenvalue weighted by Gasteiger charge is -2.06. The first-order valence-corrected chi connectivity index (χ1v) is 5.36. The van der Waals surface area contributed by atoms with Crippen LogP contribution in [0.2, 0.25) is 0 Å². The molecule has 0 fully saturated rings. The molecule has 1 aromatic rings. The highest BCUT2D eigenvalue weighted by molar-refractivity contribution is 9.11. The average molecular weight is 324 g/mol. The molecule has 0 aromatic heterocycles. The largest absolute Gasteiger partial charge is 0.481 e. The number of ether oxygens (including phenoxy) is 2. The quantitative estimate of drug-likeness (QED) is 0.802. The summed E-state index contributed by atoms with van der Waals surface area (Å²) in [6, 6.07) is 5.43. The summed E-state index contributed by atoms with van der Waals surface area (Å²) in [5.74, 6) is 0.207. The third-order valence-corrected chi connectivity index (χ3v) is 2.58. The van der Waals surface area contributed by atoms with E-state index in [-0.39, 0.29) is 6.61 Å². The van der Waals surface area contributed by atoms with E-state index in [2.05, 4.69) is 36.6 Å². The zero-order valence-corrected chi connectivity index (χ0v) is 10.6. The molecule has 1 rings (SSSR count). The standard InChI is InChI=1S/C9H8Br2O3/c1-13-9(12)5-14-8-3-2-6(10)4-7(8)11/h2-4H,5H2,1H3. The molecule has 0 N–H and O–H groups in total. The molecule has 0 saturated heterocycles. The van der Waals surface area contributed by atoms with E-state index in [0.29, 0.717) is 5.75 Å². The molecule has 0 spiro atoms. The topological polar surface area (TPSA) is 35.5 Å². The van der Waals surface area contributed by atoms with Crippen molar-refractivity contribution in [3.05, 3.63) is 27.1 Å². The lowest BCUT2D eigenvalue weighted by Crippen LogP contribution is -2.12. The van der Waals surface area contributed by atoms with Crippen LogP contribution in [0, 0.1) is 0 Å². The lowest BCUT2D eigenvalue weighted by molar-refractivity contribution is -0.142. The number of methoxy groups -OCH3 is 1. The zero-order chi connectivity index (χ0) is 10.6. The fraction of sp³-hybridized carbons (Fsp3) is 0.222. The molecule has 0 bridgehead atoms. The summed E-state index contributed by atoms with van der Waals surface area (Å²) in [4.78, 5) is 10.8. The second-order valence-electron chi connectivity index (χ2n) is 2.44. The maximum Gasteiger partial charge on any atom is 0.343 e. The molecule has 1 aromatic carbocycles. The van der Waals surface area contributed by atoms with Crippen LogP contribution in [0.25, 0.3) is 0 Å². The molecule has 0 saturated carbocycles. The highest BCUT2D eigenvalue weighted by Gasteiger charge is 2.05. The average Bonchev–Trinajstić information content (AvgIpc) is 2.16. The van der Waals surface area contributed by atoms with Crippen molar-refractivity contribution in [3.63, 3.8) is 0 Å². The normalized spacial score (nSPS) is 9.64. The van der Waals surface area contributed by atoms with Gasteiger partial charge in [-0.3, -0.25) is 0 Å². The minimum absolute atomic E-state index is 0.0866. The van der Waals surface area contributed by atoms with Gasteiger partial charge in [-0.1, -0.05) is 15.9 Å². The molecule has 0 aliphatic heterocycles. The monoisotopic (exact) mass is 322 g/mol.